The number of hydrogen-bond acceptors (Lipinski definition) is 5. The smallest absolute Gasteiger partial charge is 0.172 e. The number of anilines is 1. The topological polar surface area (TPSA) is 63.8 Å². The minimum absolute atomic E-state index is 0.689. The standard InChI is InChI=1S/C11H12Br2N4S/c1-3-6-5(2)15-11(16-10(6)17-14)8-4-7(12)9(13)18-8/h4H,3,14H2,1-2H3,(H,15,16,17). The van der Waals surface area contributed by atoms with Crippen LogP contribution in [0.4, 0.5) is 5.82 Å². The number of nitrogen functional groups attached to an aromatic ring is 1. The summed E-state index contributed by atoms with van der Waals surface area (Å²) in [6.07, 6.45) is 0.851. The fourth-order valence-electron chi connectivity index (χ4n) is 1.71. The molecule has 0 aliphatic heterocycles. The van der Waals surface area contributed by atoms with Gasteiger partial charge in [-0.3, -0.25) is 0 Å². The molecule has 7 heteroatoms. The second-order valence-electron chi connectivity index (χ2n) is 3.69. The van der Waals surface area contributed by atoms with Crippen molar-refractivity contribution in [2.24, 2.45) is 5.84 Å². The largest absolute Gasteiger partial charge is 0.308 e. The molecule has 0 atom stereocenters. The van der Waals surface area contributed by atoms with E-state index in [0.29, 0.717) is 11.6 Å². The third-order valence-electron chi connectivity index (χ3n) is 2.57. The summed E-state index contributed by atoms with van der Waals surface area (Å²) in [5.74, 6) is 6.91. The summed E-state index contributed by atoms with van der Waals surface area (Å²) >= 11 is 8.52. The van der Waals surface area contributed by atoms with Gasteiger partial charge < -0.3 is 5.43 Å². The Balaban J connectivity index is 2.55. The van der Waals surface area contributed by atoms with E-state index in [-0.39, 0.29) is 0 Å². The van der Waals surface area contributed by atoms with Gasteiger partial charge in [0, 0.05) is 15.7 Å². The highest BCUT2D eigenvalue weighted by Crippen LogP contribution is 2.37. The highest BCUT2D eigenvalue weighted by atomic mass is 79.9. The van der Waals surface area contributed by atoms with Gasteiger partial charge in [0.2, 0.25) is 0 Å². The summed E-state index contributed by atoms with van der Waals surface area (Å²) in [4.78, 5) is 10.0. The SMILES string of the molecule is CCc1c(C)nc(-c2cc(Br)c(Br)s2)nc1NN. The van der Waals surface area contributed by atoms with Gasteiger partial charge in [-0.1, -0.05) is 6.92 Å². The lowest BCUT2D eigenvalue weighted by Crippen LogP contribution is -2.13. The van der Waals surface area contributed by atoms with Crippen molar-refractivity contribution in [3.8, 4) is 10.7 Å². The molecule has 0 fully saturated rings. The Morgan fingerprint density at radius 2 is 2.11 bits per heavy atom. The molecule has 2 rings (SSSR count). The van der Waals surface area contributed by atoms with Gasteiger partial charge in [0.1, 0.15) is 5.82 Å². The first kappa shape index (κ1) is 13.9. The maximum absolute atomic E-state index is 5.52. The van der Waals surface area contributed by atoms with Gasteiger partial charge >= 0.3 is 0 Å². The molecule has 2 aromatic heterocycles. The molecule has 0 radical (unpaired) electrons. The molecule has 96 valence electrons. The average Bonchev–Trinajstić information content (AvgIpc) is 2.68. The van der Waals surface area contributed by atoms with Crippen LogP contribution in [0.2, 0.25) is 0 Å². The van der Waals surface area contributed by atoms with Gasteiger partial charge in [0.25, 0.3) is 0 Å². The van der Waals surface area contributed by atoms with Crippen molar-refractivity contribution < 1.29 is 0 Å². The molecule has 18 heavy (non-hydrogen) atoms. The summed E-state index contributed by atoms with van der Waals surface area (Å²) in [7, 11) is 0. The van der Waals surface area contributed by atoms with Gasteiger partial charge in [0.05, 0.1) is 8.66 Å². The third kappa shape index (κ3) is 2.59. The van der Waals surface area contributed by atoms with E-state index in [1.54, 1.807) is 11.3 Å². The molecule has 2 aromatic rings. The number of hydrazine groups is 1. The van der Waals surface area contributed by atoms with Crippen LogP contribution < -0.4 is 11.3 Å². The second-order valence-corrected chi connectivity index (χ2v) is 6.91. The minimum Gasteiger partial charge on any atom is -0.308 e. The van der Waals surface area contributed by atoms with Crippen LogP contribution in [-0.2, 0) is 6.42 Å². The Hall–Kier alpha value is -0.500. The second kappa shape index (κ2) is 5.64. The molecule has 4 nitrogen and oxygen atoms in total. The van der Waals surface area contributed by atoms with Gasteiger partial charge in [-0.2, -0.15) is 0 Å². The van der Waals surface area contributed by atoms with E-state index in [9.17, 15) is 0 Å². The number of nitrogens with one attached hydrogen (secondary N) is 1. The van der Waals surface area contributed by atoms with E-state index in [1.165, 1.54) is 0 Å². The lowest BCUT2D eigenvalue weighted by atomic mass is 10.1. The van der Waals surface area contributed by atoms with E-state index in [1.807, 2.05) is 13.0 Å². The Kier molecular flexibility index (Phi) is 4.37. The molecule has 0 unspecified atom stereocenters. The van der Waals surface area contributed by atoms with Crippen molar-refractivity contribution >= 4 is 49.0 Å². The van der Waals surface area contributed by atoms with Crippen molar-refractivity contribution in [1.29, 1.82) is 0 Å². The molecule has 0 amide bonds. The van der Waals surface area contributed by atoms with E-state index in [4.69, 9.17) is 5.84 Å². The van der Waals surface area contributed by atoms with Crippen molar-refractivity contribution in [2.75, 3.05) is 5.43 Å². The molecule has 0 bridgehead atoms. The number of aromatic nitrogens is 2. The first-order valence-electron chi connectivity index (χ1n) is 5.36. The molecule has 0 aromatic carbocycles. The summed E-state index contributed by atoms with van der Waals surface area (Å²) in [6.45, 7) is 4.03. The summed E-state index contributed by atoms with van der Waals surface area (Å²) in [6, 6.07) is 2.00. The number of hydrogen-bond donors (Lipinski definition) is 2. The Labute approximate surface area is 126 Å². The molecule has 0 spiro atoms. The average molecular weight is 392 g/mol. The highest BCUT2D eigenvalue weighted by Gasteiger charge is 2.13. The fourth-order valence-corrected chi connectivity index (χ4v) is 3.68. The zero-order chi connectivity index (χ0) is 13.3. The van der Waals surface area contributed by atoms with Gasteiger partial charge in [0.15, 0.2) is 5.82 Å². The van der Waals surface area contributed by atoms with Gasteiger partial charge in [-0.15, -0.1) is 11.3 Å². The molecule has 3 N–H and O–H groups in total. The number of halogens is 2. The number of nitrogens with zero attached hydrogens (tertiary/aromatic N) is 2. The molecular weight excluding hydrogens is 380 g/mol. The van der Waals surface area contributed by atoms with Crippen LogP contribution in [0, 0.1) is 6.92 Å². The highest BCUT2D eigenvalue weighted by molar-refractivity contribution is 9.13. The normalized spacial score (nSPS) is 10.7. The number of aryl methyl sites for hydroxylation is 1. The van der Waals surface area contributed by atoms with E-state index in [0.717, 1.165) is 30.8 Å². The van der Waals surface area contributed by atoms with E-state index in [2.05, 4.69) is 54.2 Å². The maximum atomic E-state index is 5.52. The van der Waals surface area contributed by atoms with Crippen LogP contribution in [0.25, 0.3) is 10.7 Å². The Morgan fingerprint density at radius 3 is 2.61 bits per heavy atom. The maximum Gasteiger partial charge on any atom is 0.172 e. The van der Waals surface area contributed by atoms with Crippen molar-refractivity contribution in [1.82, 2.24) is 9.97 Å². The molecule has 2 heterocycles. The Bertz CT molecular complexity index is 563. The third-order valence-corrected chi connectivity index (χ3v) is 5.82. The summed E-state index contributed by atoms with van der Waals surface area (Å²) in [5.41, 5.74) is 4.66. The van der Waals surface area contributed by atoms with E-state index >= 15 is 0 Å². The van der Waals surface area contributed by atoms with Crippen LogP contribution in [-0.4, -0.2) is 9.97 Å². The molecular formula is C11H12Br2N4S. The van der Waals surface area contributed by atoms with Crippen LogP contribution in [0.1, 0.15) is 18.2 Å². The van der Waals surface area contributed by atoms with Crippen LogP contribution in [0.3, 0.4) is 0 Å². The predicted octanol–water partition coefficient (Wildman–Crippen LogP) is 3.89. The molecule has 0 aliphatic carbocycles. The van der Waals surface area contributed by atoms with E-state index < -0.39 is 0 Å². The van der Waals surface area contributed by atoms with Crippen LogP contribution >= 0.6 is 43.2 Å². The zero-order valence-electron chi connectivity index (χ0n) is 9.92. The molecule has 0 aliphatic rings. The van der Waals surface area contributed by atoms with Gasteiger partial charge in [-0.25, -0.2) is 15.8 Å². The first-order valence-corrected chi connectivity index (χ1v) is 7.76. The fraction of sp³-hybridized carbons (Fsp3) is 0.273. The quantitative estimate of drug-likeness (QED) is 0.615. The summed E-state index contributed by atoms with van der Waals surface area (Å²) < 4.78 is 2.03. The molecule has 0 saturated carbocycles. The number of thiophene rings is 1. The van der Waals surface area contributed by atoms with Crippen LogP contribution in [0.15, 0.2) is 14.3 Å². The number of rotatable bonds is 3. The Morgan fingerprint density at radius 1 is 1.39 bits per heavy atom. The minimum atomic E-state index is 0.689. The monoisotopic (exact) mass is 390 g/mol. The number of nitrogens with two attached hydrogens (primary N) is 1. The van der Waals surface area contributed by atoms with Gasteiger partial charge in [-0.05, 0) is 51.3 Å². The first-order chi connectivity index (χ1) is 8.56. The predicted molar refractivity (Wildman–Crippen MR) is 82.7 cm³/mol. The van der Waals surface area contributed by atoms with Crippen LogP contribution in [0.5, 0.6) is 0 Å². The van der Waals surface area contributed by atoms with Crippen molar-refractivity contribution in [3.63, 3.8) is 0 Å². The lowest BCUT2D eigenvalue weighted by molar-refractivity contribution is 0.997. The van der Waals surface area contributed by atoms with Crippen molar-refractivity contribution in [3.05, 3.63) is 25.6 Å². The van der Waals surface area contributed by atoms with Crippen molar-refractivity contribution in [2.45, 2.75) is 20.3 Å². The summed E-state index contributed by atoms with van der Waals surface area (Å²) in [5, 5.41) is 0. The zero-order valence-corrected chi connectivity index (χ0v) is 13.9. The lowest BCUT2D eigenvalue weighted by Gasteiger charge is -2.10. The molecule has 0 saturated heterocycles.